The summed E-state index contributed by atoms with van der Waals surface area (Å²) >= 11 is 0. The summed E-state index contributed by atoms with van der Waals surface area (Å²) in [6.07, 6.45) is 9.21. The van der Waals surface area contributed by atoms with Crippen LogP contribution in [0, 0.1) is 18.2 Å². The summed E-state index contributed by atoms with van der Waals surface area (Å²) in [5, 5.41) is 16.0. The summed E-state index contributed by atoms with van der Waals surface area (Å²) < 4.78 is 44.2. The first-order valence-corrected chi connectivity index (χ1v) is 15.7. The monoisotopic (exact) mass is 610 g/mol. The summed E-state index contributed by atoms with van der Waals surface area (Å²) in [5.74, 6) is 2.70. The van der Waals surface area contributed by atoms with Crippen molar-refractivity contribution in [2.45, 2.75) is 61.9 Å². The van der Waals surface area contributed by atoms with Gasteiger partial charge in [0.25, 0.3) is 0 Å². The molecule has 0 aliphatic carbocycles. The van der Waals surface area contributed by atoms with Crippen molar-refractivity contribution in [1.82, 2.24) is 25.2 Å². The zero-order valence-electron chi connectivity index (χ0n) is 24.6. The third-order valence-corrected chi connectivity index (χ3v) is 10.5. The van der Waals surface area contributed by atoms with Crippen LogP contribution < -0.4 is 19.7 Å². The first kappa shape index (κ1) is 27.1. The molecule has 0 unspecified atom stereocenters. The molecule has 7 heterocycles. The Hall–Kier alpha value is -4.27. The Morgan fingerprint density at radius 3 is 2.98 bits per heavy atom. The van der Waals surface area contributed by atoms with E-state index in [1.54, 1.807) is 18.2 Å². The number of anilines is 1. The van der Waals surface area contributed by atoms with Gasteiger partial charge in [-0.15, -0.1) is 6.42 Å². The molecule has 0 radical (unpaired) electrons. The van der Waals surface area contributed by atoms with Crippen LogP contribution in [-0.2, 0) is 0 Å². The normalized spacial score (nSPS) is 28.5. The summed E-state index contributed by atoms with van der Waals surface area (Å²) in [7, 11) is 0. The van der Waals surface area contributed by atoms with Gasteiger partial charge in [0.2, 0.25) is 5.88 Å². The molecule has 2 aromatic carbocycles. The lowest BCUT2D eigenvalue weighted by Crippen LogP contribution is -2.60. The van der Waals surface area contributed by atoms with Crippen molar-refractivity contribution in [3.63, 3.8) is 0 Å². The van der Waals surface area contributed by atoms with Gasteiger partial charge in [0.15, 0.2) is 5.82 Å². The lowest BCUT2D eigenvalue weighted by atomic mass is 9.95. The molecule has 0 saturated carbocycles. The van der Waals surface area contributed by atoms with Crippen LogP contribution in [0.25, 0.3) is 32.9 Å². The lowest BCUT2D eigenvalue weighted by Gasteiger charge is -2.40. The fourth-order valence-corrected chi connectivity index (χ4v) is 8.53. The topological polar surface area (TPSA) is 95.9 Å². The smallest absolute Gasteiger partial charge is 0.319 e. The second-order valence-corrected chi connectivity index (χ2v) is 13.1. The number of benzene rings is 2. The molecular weight excluding hydrogens is 578 g/mol. The number of pyridine rings is 1. The number of phenolic OH excluding ortho intramolecular Hbond substituents is 1. The van der Waals surface area contributed by atoms with E-state index >= 15 is 4.39 Å². The van der Waals surface area contributed by atoms with Crippen LogP contribution in [-0.4, -0.2) is 87.6 Å². The number of aromatic nitrogens is 3. The Balaban J connectivity index is 1.24. The van der Waals surface area contributed by atoms with Gasteiger partial charge in [-0.3, -0.25) is 4.90 Å². The first-order valence-electron chi connectivity index (χ1n) is 15.7. The number of phenols is 1. The van der Waals surface area contributed by atoms with E-state index in [2.05, 4.69) is 26.0 Å². The summed E-state index contributed by atoms with van der Waals surface area (Å²) in [4.78, 5) is 18.7. The number of nitrogens with one attached hydrogen (secondary N) is 1. The van der Waals surface area contributed by atoms with Gasteiger partial charge in [0, 0.05) is 48.1 Å². The van der Waals surface area contributed by atoms with Crippen LogP contribution in [0.5, 0.6) is 17.6 Å². The van der Waals surface area contributed by atoms with E-state index in [9.17, 15) is 9.50 Å². The highest BCUT2D eigenvalue weighted by Crippen LogP contribution is 2.45. The number of ether oxygens (including phenoxy) is 2. The van der Waals surface area contributed by atoms with E-state index in [1.165, 1.54) is 6.07 Å². The Kier molecular flexibility index (Phi) is 5.93. The molecule has 45 heavy (non-hydrogen) atoms. The van der Waals surface area contributed by atoms with Gasteiger partial charge in [-0.05, 0) is 55.8 Å². The molecule has 2 aromatic heterocycles. The molecule has 230 valence electrons. The SMILES string of the molecule is C#Cc1cccc2cc(O)cc(-c3nc4c5c(nc(OC[C@@]67CCCN6C[C@@H](F)C7)nc5c3F)N3C[C@@H]5CC[C@@H](N5)[C@@H]3CO4)c12. The molecule has 9 rings (SSSR count). The number of aromatic hydroxyl groups is 1. The van der Waals surface area contributed by atoms with E-state index in [-0.39, 0.29) is 53.6 Å². The number of rotatable bonds is 4. The summed E-state index contributed by atoms with van der Waals surface area (Å²) in [6, 6.07) is 8.91. The molecule has 5 atom stereocenters. The van der Waals surface area contributed by atoms with Gasteiger partial charge in [0.05, 0.1) is 11.6 Å². The second kappa shape index (κ2) is 9.86. The van der Waals surface area contributed by atoms with Crippen LogP contribution in [0.4, 0.5) is 14.6 Å². The lowest BCUT2D eigenvalue weighted by molar-refractivity contribution is 0.107. The molecule has 5 aliphatic rings. The summed E-state index contributed by atoms with van der Waals surface area (Å²) in [6.45, 7) is 2.47. The van der Waals surface area contributed by atoms with E-state index in [0.717, 1.165) is 32.2 Å². The molecule has 4 fully saturated rings. The minimum absolute atomic E-state index is 0.0202. The van der Waals surface area contributed by atoms with Gasteiger partial charge in [0.1, 0.15) is 47.5 Å². The Morgan fingerprint density at radius 2 is 2.09 bits per heavy atom. The maximum Gasteiger partial charge on any atom is 0.319 e. The molecule has 2 N–H and O–H groups in total. The number of hydrogen-bond acceptors (Lipinski definition) is 9. The maximum absolute atomic E-state index is 17.0. The zero-order valence-corrected chi connectivity index (χ0v) is 24.6. The van der Waals surface area contributed by atoms with Crippen molar-refractivity contribution < 1.29 is 23.4 Å². The van der Waals surface area contributed by atoms with Gasteiger partial charge in [-0.2, -0.15) is 9.97 Å². The molecule has 0 spiro atoms. The summed E-state index contributed by atoms with van der Waals surface area (Å²) in [5.41, 5.74) is 0.457. The van der Waals surface area contributed by atoms with E-state index in [0.29, 0.717) is 59.2 Å². The number of hydrogen-bond donors (Lipinski definition) is 2. The standard InChI is InChI=1S/C34H32F2N6O3/c1-2-18-5-3-6-19-11-22(43)12-23(26(18)19)29-28(36)30-27-31(42-15-21-7-8-24(37-21)25(42)16-44-32(27)38-29)40-33(39-30)45-17-34-9-4-10-41(34)14-20(35)13-34/h1,3,5-6,11-12,20-21,24-25,37,43H,4,7-10,13-17H2/t20-,21-,24+,25-,34-/m0/s1. The number of piperazine rings is 1. The second-order valence-electron chi connectivity index (χ2n) is 13.1. The highest BCUT2D eigenvalue weighted by atomic mass is 19.1. The van der Waals surface area contributed by atoms with Crippen molar-refractivity contribution in [3.05, 3.63) is 41.7 Å². The highest BCUT2D eigenvalue weighted by Gasteiger charge is 2.50. The van der Waals surface area contributed by atoms with Gasteiger partial charge >= 0.3 is 6.01 Å². The number of alkyl halides is 1. The van der Waals surface area contributed by atoms with Crippen molar-refractivity contribution >= 4 is 27.5 Å². The Morgan fingerprint density at radius 1 is 1.18 bits per heavy atom. The molecule has 4 aromatic rings. The fraction of sp³-hybridized carbons (Fsp3) is 0.441. The van der Waals surface area contributed by atoms with Crippen LogP contribution in [0.2, 0.25) is 0 Å². The largest absolute Gasteiger partial charge is 0.508 e. The molecular formula is C34H32F2N6O3. The number of nitrogens with zero attached hydrogens (tertiary/aromatic N) is 5. The third kappa shape index (κ3) is 4.08. The van der Waals surface area contributed by atoms with Crippen LogP contribution in [0.15, 0.2) is 30.3 Å². The molecule has 0 amide bonds. The average Bonchev–Trinajstić information content (AvgIpc) is 3.67. The number of fused-ring (bicyclic) bond motifs is 7. The Bertz CT molecular complexity index is 1930. The van der Waals surface area contributed by atoms with Crippen molar-refractivity contribution in [2.75, 3.05) is 37.7 Å². The van der Waals surface area contributed by atoms with Crippen LogP contribution >= 0.6 is 0 Å². The molecule has 4 saturated heterocycles. The molecule has 5 aliphatic heterocycles. The van der Waals surface area contributed by atoms with Gasteiger partial charge in [-0.25, -0.2) is 13.8 Å². The number of halogens is 2. The van der Waals surface area contributed by atoms with Crippen molar-refractivity contribution in [3.8, 4) is 41.2 Å². The minimum Gasteiger partial charge on any atom is -0.508 e. The van der Waals surface area contributed by atoms with Crippen LogP contribution in [0.1, 0.15) is 37.7 Å². The van der Waals surface area contributed by atoms with E-state index in [4.69, 9.17) is 25.9 Å². The van der Waals surface area contributed by atoms with Crippen LogP contribution in [0.3, 0.4) is 0 Å². The van der Waals surface area contributed by atoms with Crippen molar-refractivity contribution in [2.24, 2.45) is 0 Å². The van der Waals surface area contributed by atoms with E-state index < -0.39 is 17.5 Å². The quantitative estimate of drug-likeness (QED) is 0.328. The fourth-order valence-electron chi connectivity index (χ4n) is 8.53. The Labute approximate surface area is 258 Å². The third-order valence-electron chi connectivity index (χ3n) is 10.5. The molecule has 9 nitrogen and oxygen atoms in total. The van der Waals surface area contributed by atoms with E-state index in [1.807, 2.05) is 6.07 Å². The maximum atomic E-state index is 17.0. The predicted octanol–water partition coefficient (Wildman–Crippen LogP) is 4.33. The van der Waals surface area contributed by atoms with Gasteiger partial charge < -0.3 is 24.8 Å². The number of terminal acetylenes is 1. The highest BCUT2D eigenvalue weighted by molar-refractivity contribution is 6.04. The molecule has 11 heteroatoms. The minimum atomic E-state index is -0.899. The zero-order chi connectivity index (χ0) is 30.4. The first-order chi connectivity index (χ1) is 21.9. The van der Waals surface area contributed by atoms with Crippen molar-refractivity contribution in [1.29, 1.82) is 0 Å². The van der Waals surface area contributed by atoms with Gasteiger partial charge in [-0.1, -0.05) is 18.1 Å². The predicted molar refractivity (Wildman–Crippen MR) is 165 cm³/mol. The molecule has 2 bridgehead atoms. The average molecular weight is 611 g/mol.